The molecule has 0 fully saturated rings. The molecule has 0 aliphatic carbocycles. The average molecular weight is 842 g/mol. The smallest absolute Gasteiger partial charge is 0.0476 e. The van der Waals surface area contributed by atoms with Crippen molar-refractivity contribution in [2.24, 2.45) is 0 Å². The molecule has 0 atom stereocenters. The SMILES string of the molecule is c1ccc(N(c2ccccc2)c2ccc3c(c2)sc2ccc(N(c4ccccc4)c4ccc5sc6ccc(N(c7ccccc7)c7ccc8ccccc8c7)cc6c5c4)cc23)cc1. The number of thiophene rings is 2. The van der Waals surface area contributed by atoms with Crippen molar-refractivity contribution >= 4 is 125 Å². The van der Waals surface area contributed by atoms with Gasteiger partial charge in [-0.2, -0.15) is 0 Å². The normalized spacial score (nSPS) is 11.5. The van der Waals surface area contributed by atoms with Gasteiger partial charge in [0.15, 0.2) is 0 Å². The standard InChI is InChI=1S/C58H39N3S2/c1-5-17-42(18-6-1)59(43-19-7-2-8-20-43)50-27-31-51-52-36-47(28-32-55(52)63-58(51)39-50)61(45-23-11-4-12-24-45)49-30-34-57-54(38-49)53-37-48(29-33-56(53)62-57)60(44-21-9-3-10-22-44)46-26-25-40-15-13-14-16-41(40)35-46/h1-39H. The van der Waals surface area contributed by atoms with Crippen LogP contribution in [0.25, 0.3) is 51.1 Å². The minimum absolute atomic E-state index is 1.12. The molecule has 0 unspecified atom stereocenters. The van der Waals surface area contributed by atoms with Crippen molar-refractivity contribution in [1.29, 1.82) is 0 Å². The first-order valence-electron chi connectivity index (χ1n) is 21.2. The molecule has 0 aliphatic rings. The summed E-state index contributed by atoms with van der Waals surface area (Å²) in [4.78, 5) is 7.12. The van der Waals surface area contributed by atoms with Crippen molar-refractivity contribution < 1.29 is 0 Å². The Hall–Kier alpha value is -7.70. The maximum absolute atomic E-state index is 2.40. The summed E-state index contributed by atoms with van der Waals surface area (Å²) in [6, 6.07) is 85.8. The van der Waals surface area contributed by atoms with Crippen LogP contribution in [-0.2, 0) is 0 Å². The number of hydrogen-bond donors (Lipinski definition) is 0. The second kappa shape index (κ2) is 15.6. The molecule has 2 heterocycles. The van der Waals surface area contributed by atoms with Gasteiger partial charge in [0.25, 0.3) is 0 Å². The number of hydrogen-bond acceptors (Lipinski definition) is 5. The van der Waals surface area contributed by atoms with Crippen LogP contribution in [0, 0.1) is 0 Å². The lowest BCUT2D eigenvalue weighted by Gasteiger charge is -2.26. The molecule has 0 saturated heterocycles. The largest absolute Gasteiger partial charge is 0.310 e. The zero-order valence-electron chi connectivity index (χ0n) is 34.2. The second-order valence-corrected chi connectivity index (χ2v) is 18.0. The second-order valence-electron chi connectivity index (χ2n) is 15.8. The molecular formula is C58H39N3S2. The fourth-order valence-electron chi connectivity index (χ4n) is 9.03. The van der Waals surface area contributed by atoms with Gasteiger partial charge in [-0.15, -0.1) is 22.7 Å². The van der Waals surface area contributed by atoms with Crippen LogP contribution in [0.1, 0.15) is 0 Å². The maximum Gasteiger partial charge on any atom is 0.0476 e. The van der Waals surface area contributed by atoms with E-state index in [0.717, 1.165) is 51.2 Å². The first-order valence-corrected chi connectivity index (χ1v) is 22.9. The van der Waals surface area contributed by atoms with Gasteiger partial charge in [0, 0.05) is 91.5 Å². The van der Waals surface area contributed by atoms with E-state index >= 15 is 0 Å². The average Bonchev–Trinajstić information content (AvgIpc) is 3.90. The summed E-state index contributed by atoms with van der Waals surface area (Å²) in [5.41, 5.74) is 10.2. The molecule has 3 nitrogen and oxygen atoms in total. The number of anilines is 9. The van der Waals surface area contributed by atoms with Crippen molar-refractivity contribution in [3.05, 3.63) is 237 Å². The van der Waals surface area contributed by atoms with Gasteiger partial charge in [-0.05, 0) is 138 Å². The Morgan fingerprint density at radius 1 is 0.206 bits per heavy atom. The third-order valence-electron chi connectivity index (χ3n) is 12.0. The molecule has 0 N–H and O–H groups in total. The molecule has 0 aliphatic heterocycles. The summed E-state index contributed by atoms with van der Waals surface area (Å²) >= 11 is 3.71. The van der Waals surface area contributed by atoms with E-state index in [1.807, 2.05) is 22.7 Å². The molecule has 0 radical (unpaired) electrons. The number of fused-ring (bicyclic) bond motifs is 7. The number of rotatable bonds is 9. The molecule has 0 saturated carbocycles. The fraction of sp³-hybridized carbons (Fsp3) is 0. The van der Waals surface area contributed by atoms with Gasteiger partial charge in [0.05, 0.1) is 0 Å². The van der Waals surface area contributed by atoms with E-state index in [2.05, 4.69) is 251 Å². The lowest BCUT2D eigenvalue weighted by molar-refractivity contribution is 1.29. The van der Waals surface area contributed by atoms with Gasteiger partial charge < -0.3 is 14.7 Å². The van der Waals surface area contributed by atoms with E-state index < -0.39 is 0 Å². The Bertz CT molecular complexity index is 3540. The van der Waals surface area contributed by atoms with Gasteiger partial charge in [0.2, 0.25) is 0 Å². The van der Waals surface area contributed by atoms with Crippen molar-refractivity contribution in [3.63, 3.8) is 0 Å². The Kier molecular flexibility index (Phi) is 9.21. The van der Waals surface area contributed by atoms with Crippen LogP contribution in [0.3, 0.4) is 0 Å². The lowest BCUT2D eigenvalue weighted by Crippen LogP contribution is -2.10. The van der Waals surface area contributed by atoms with Crippen LogP contribution in [0.5, 0.6) is 0 Å². The van der Waals surface area contributed by atoms with Crippen molar-refractivity contribution in [1.82, 2.24) is 0 Å². The van der Waals surface area contributed by atoms with Gasteiger partial charge in [0.1, 0.15) is 0 Å². The first-order chi connectivity index (χ1) is 31.2. The topological polar surface area (TPSA) is 9.72 Å². The summed E-state index contributed by atoms with van der Waals surface area (Å²) in [5, 5.41) is 7.47. The predicted octanol–water partition coefficient (Wildman–Crippen LogP) is 18.0. The summed E-state index contributed by atoms with van der Waals surface area (Å²) < 4.78 is 5.07. The van der Waals surface area contributed by atoms with Crippen LogP contribution in [0.2, 0.25) is 0 Å². The number of para-hydroxylation sites is 4. The summed E-state index contributed by atoms with van der Waals surface area (Å²) in [6.45, 7) is 0. The van der Waals surface area contributed by atoms with Crippen LogP contribution in [0.4, 0.5) is 51.2 Å². The summed E-state index contributed by atoms with van der Waals surface area (Å²) in [7, 11) is 0. The lowest BCUT2D eigenvalue weighted by atomic mass is 10.1. The van der Waals surface area contributed by atoms with Gasteiger partial charge in [-0.1, -0.05) is 109 Å². The molecular weight excluding hydrogens is 803 g/mol. The Labute approximate surface area is 374 Å². The minimum Gasteiger partial charge on any atom is -0.310 e. The van der Waals surface area contributed by atoms with Crippen molar-refractivity contribution in [3.8, 4) is 0 Å². The highest BCUT2D eigenvalue weighted by molar-refractivity contribution is 7.26. The maximum atomic E-state index is 2.40. The molecule has 0 spiro atoms. The van der Waals surface area contributed by atoms with Gasteiger partial charge in [-0.25, -0.2) is 0 Å². The zero-order chi connectivity index (χ0) is 41.7. The molecule has 0 bridgehead atoms. The summed E-state index contributed by atoms with van der Waals surface area (Å²) in [6.07, 6.45) is 0. The predicted molar refractivity (Wildman–Crippen MR) is 274 cm³/mol. The van der Waals surface area contributed by atoms with E-state index in [9.17, 15) is 0 Å². The van der Waals surface area contributed by atoms with E-state index in [0.29, 0.717) is 0 Å². The Balaban J connectivity index is 0.970. The molecule has 12 rings (SSSR count). The van der Waals surface area contributed by atoms with Crippen LogP contribution >= 0.6 is 22.7 Å². The van der Waals surface area contributed by atoms with E-state index in [1.54, 1.807) is 0 Å². The van der Waals surface area contributed by atoms with Crippen LogP contribution in [-0.4, -0.2) is 0 Å². The molecule has 5 heteroatoms. The van der Waals surface area contributed by atoms with E-state index in [-0.39, 0.29) is 0 Å². The van der Waals surface area contributed by atoms with Gasteiger partial charge >= 0.3 is 0 Å². The van der Waals surface area contributed by atoms with Crippen molar-refractivity contribution in [2.75, 3.05) is 14.7 Å². The number of nitrogens with zero attached hydrogens (tertiary/aromatic N) is 3. The molecule has 2 aromatic heterocycles. The molecule has 298 valence electrons. The molecule has 63 heavy (non-hydrogen) atoms. The summed E-state index contributed by atoms with van der Waals surface area (Å²) in [5.74, 6) is 0. The van der Waals surface area contributed by atoms with Crippen molar-refractivity contribution in [2.45, 2.75) is 0 Å². The van der Waals surface area contributed by atoms with E-state index in [4.69, 9.17) is 0 Å². The Morgan fingerprint density at radius 3 is 1.02 bits per heavy atom. The highest BCUT2D eigenvalue weighted by atomic mass is 32.1. The first kappa shape index (κ1) is 37.1. The highest BCUT2D eigenvalue weighted by Gasteiger charge is 2.20. The molecule has 0 amide bonds. The van der Waals surface area contributed by atoms with Crippen LogP contribution in [0.15, 0.2) is 237 Å². The monoisotopic (exact) mass is 841 g/mol. The van der Waals surface area contributed by atoms with E-state index in [1.165, 1.54) is 51.1 Å². The number of benzene rings is 10. The minimum atomic E-state index is 1.12. The third kappa shape index (κ3) is 6.75. The molecule has 10 aromatic carbocycles. The quantitative estimate of drug-likeness (QED) is 0.143. The third-order valence-corrected chi connectivity index (χ3v) is 14.2. The Morgan fingerprint density at radius 2 is 0.540 bits per heavy atom. The fourth-order valence-corrected chi connectivity index (χ4v) is 11.2. The highest BCUT2D eigenvalue weighted by Crippen LogP contribution is 2.46. The zero-order valence-corrected chi connectivity index (χ0v) is 35.8. The molecule has 12 aromatic rings. The van der Waals surface area contributed by atoms with Gasteiger partial charge in [-0.3, -0.25) is 0 Å². The van der Waals surface area contributed by atoms with Crippen LogP contribution < -0.4 is 14.7 Å².